The quantitative estimate of drug-likeness (QED) is 0.546. The molecule has 3 heterocycles. The molecule has 0 bridgehead atoms. The summed E-state index contributed by atoms with van der Waals surface area (Å²) in [5.41, 5.74) is 1.58. The van der Waals surface area contributed by atoms with Gasteiger partial charge in [0.15, 0.2) is 5.16 Å². The lowest BCUT2D eigenvalue weighted by atomic mass is 10.2. The van der Waals surface area contributed by atoms with Gasteiger partial charge in [0.1, 0.15) is 5.15 Å². The van der Waals surface area contributed by atoms with Crippen LogP contribution in [0.5, 0.6) is 0 Å². The summed E-state index contributed by atoms with van der Waals surface area (Å²) in [5.74, 6) is 0.590. The summed E-state index contributed by atoms with van der Waals surface area (Å²) >= 11 is 7.78. The highest BCUT2D eigenvalue weighted by molar-refractivity contribution is 7.98. The molecule has 1 aliphatic rings. The maximum Gasteiger partial charge on any atom is 0.344 e. The Hall–Kier alpha value is -1.83. The first-order chi connectivity index (χ1) is 12.2. The van der Waals surface area contributed by atoms with Crippen LogP contribution in [0.15, 0.2) is 40.3 Å². The van der Waals surface area contributed by atoms with Gasteiger partial charge in [-0.15, -0.1) is 5.10 Å². The average Bonchev–Trinajstić information content (AvgIpc) is 3.25. The van der Waals surface area contributed by atoms with E-state index in [0.29, 0.717) is 22.6 Å². The number of pyridine rings is 1. The van der Waals surface area contributed by atoms with Crippen molar-refractivity contribution in [1.82, 2.24) is 19.7 Å². The summed E-state index contributed by atoms with van der Waals surface area (Å²) in [7, 11) is 0. The first-order valence-electron chi connectivity index (χ1n) is 8.14. The van der Waals surface area contributed by atoms with Gasteiger partial charge in [-0.1, -0.05) is 41.6 Å². The first-order valence-corrected chi connectivity index (χ1v) is 9.51. The number of rotatable bonds is 5. The average molecular weight is 377 g/mol. The van der Waals surface area contributed by atoms with Crippen LogP contribution in [0.25, 0.3) is 10.9 Å². The van der Waals surface area contributed by atoms with E-state index in [2.05, 4.69) is 15.2 Å². The van der Waals surface area contributed by atoms with Crippen LogP contribution in [-0.4, -0.2) is 32.5 Å². The number of aromatic nitrogens is 4. The third-order valence-electron chi connectivity index (χ3n) is 4.24. The highest BCUT2D eigenvalue weighted by Gasteiger charge is 2.20. The third kappa shape index (κ3) is 3.58. The molecule has 0 unspecified atom stereocenters. The van der Waals surface area contributed by atoms with E-state index in [1.54, 1.807) is 4.57 Å². The Balaban J connectivity index is 1.53. The van der Waals surface area contributed by atoms with Gasteiger partial charge in [0.2, 0.25) is 0 Å². The first kappa shape index (κ1) is 16.6. The molecule has 0 saturated carbocycles. The van der Waals surface area contributed by atoms with Crippen molar-refractivity contribution in [1.29, 1.82) is 0 Å². The number of H-pyrrole nitrogens is 1. The second kappa shape index (κ2) is 7.19. The second-order valence-corrected chi connectivity index (χ2v) is 7.28. The molecule has 8 heteroatoms. The molecule has 3 aromatic rings. The number of hydrogen-bond acceptors (Lipinski definition) is 5. The van der Waals surface area contributed by atoms with E-state index < -0.39 is 0 Å². The topological polar surface area (TPSA) is 72.8 Å². The Morgan fingerprint density at radius 2 is 2.28 bits per heavy atom. The van der Waals surface area contributed by atoms with Crippen molar-refractivity contribution >= 4 is 34.3 Å². The molecule has 0 amide bonds. The van der Waals surface area contributed by atoms with Crippen molar-refractivity contribution in [3.63, 3.8) is 0 Å². The molecule has 25 heavy (non-hydrogen) atoms. The lowest BCUT2D eigenvalue weighted by Gasteiger charge is -2.11. The molecular formula is C17H17ClN4O2S. The monoisotopic (exact) mass is 376 g/mol. The SMILES string of the molecule is O=c1[nH]nc(SCc2cc3ccccc3nc2Cl)n1C[C@@H]1CCCO1. The van der Waals surface area contributed by atoms with Gasteiger partial charge in [0, 0.05) is 23.3 Å². The smallest absolute Gasteiger partial charge is 0.344 e. The number of benzene rings is 1. The molecule has 6 nitrogen and oxygen atoms in total. The van der Waals surface area contributed by atoms with Crippen LogP contribution in [-0.2, 0) is 17.0 Å². The van der Waals surface area contributed by atoms with E-state index in [-0.39, 0.29) is 11.8 Å². The molecule has 130 valence electrons. The fourth-order valence-electron chi connectivity index (χ4n) is 2.95. The van der Waals surface area contributed by atoms with E-state index in [1.807, 2.05) is 30.3 Å². The molecule has 1 aliphatic heterocycles. The highest BCUT2D eigenvalue weighted by atomic mass is 35.5. The fourth-order valence-corrected chi connectivity index (χ4v) is 4.17. The fraction of sp³-hybridized carbons (Fsp3) is 0.353. The zero-order valence-corrected chi connectivity index (χ0v) is 15.0. The minimum absolute atomic E-state index is 0.0839. The van der Waals surface area contributed by atoms with Crippen molar-refractivity contribution in [2.75, 3.05) is 6.61 Å². The number of para-hydroxylation sites is 1. The predicted octanol–water partition coefficient (Wildman–Crippen LogP) is 3.24. The Bertz CT molecular complexity index is 949. The molecule has 1 aromatic carbocycles. The summed E-state index contributed by atoms with van der Waals surface area (Å²) in [6, 6.07) is 9.89. The summed E-state index contributed by atoms with van der Waals surface area (Å²) in [6.45, 7) is 1.29. The molecule has 0 spiro atoms. The maximum atomic E-state index is 12.0. The molecule has 1 N–H and O–H groups in total. The maximum absolute atomic E-state index is 12.0. The van der Waals surface area contributed by atoms with Gasteiger partial charge in [-0.05, 0) is 25.0 Å². The molecule has 4 rings (SSSR count). The van der Waals surface area contributed by atoms with Crippen molar-refractivity contribution in [2.45, 2.75) is 36.4 Å². The normalized spacial score (nSPS) is 17.4. The lowest BCUT2D eigenvalue weighted by molar-refractivity contribution is 0.0941. The summed E-state index contributed by atoms with van der Waals surface area (Å²) < 4.78 is 7.27. The number of fused-ring (bicyclic) bond motifs is 1. The zero-order valence-electron chi connectivity index (χ0n) is 13.4. The van der Waals surface area contributed by atoms with Gasteiger partial charge in [-0.2, -0.15) is 0 Å². The van der Waals surface area contributed by atoms with Crippen molar-refractivity contribution < 1.29 is 4.74 Å². The molecule has 0 aliphatic carbocycles. The standard InChI is InChI=1S/C17H17ClN4O2S/c18-15-12(8-11-4-1-2-6-14(11)19-15)10-25-17-21-20-16(23)22(17)9-13-5-3-7-24-13/h1-2,4,6,8,13H,3,5,7,9-10H2,(H,20,23)/t13-/m0/s1. The van der Waals surface area contributed by atoms with Crippen LogP contribution < -0.4 is 5.69 Å². The summed E-state index contributed by atoms with van der Waals surface area (Å²) in [6.07, 6.45) is 2.10. The minimum atomic E-state index is -0.208. The van der Waals surface area contributed by atoms with Gasteiger partial charge in [-0.3, -0.25) is 4.57 Å². The molecule has 1 fully saturated rings. The van der Waals surface area contributed by atoms with Crippen LogP contribution in [0.2, 0.25) is 5.15 Å². The zero-order chi connectivity index (χ0) is 17.2. The van der Waals surface area contributed by atoms with Gasteiger partial charge < -0.3 is 4.74 Å². The van der Waals surface area contributed by atoms with E-state index in [1.165, 1.54) is 11.8 Å². The van der Waals surface area contributed by atoms with Crippen LogP contribution >= 0.6 is 23.4 Å². The molecule has 1 saturated heterocycles. The number of nitrogens with one attached hydrogen (secondary N) is 1. The van der Waals surface area contributed by atoms with E-state index >= 15 is 0 Å². The second-order valence-electron chi connectivity index (χ2n) is 5.98. The van der Waals surface area contributed by atoms with Crippen molar-refractivity contribution in [2.24, 2.45) is 0 Å². The van der Waals surface area contributed by atoms with Crippen molar-refractivity contribution in [3.05, 3.63) is 51.5 Å². The Morgan fingerprint density at radius 1 is 1.40 bits per heavy atom. The molecule has 0 radical (unpaired) electrons. The Morgan fingerprint density at radius 3 is 3.12 bits per heavy atom. The van der Waals surface area contributed by atoms with Crippen LogP contribution in [0.1, 0.15) is 18.4 Å². The van der Waals surface area contributed by atoms with Crippen molar-refractivity contribution in [3.8, 4) is 0 Å². The predicted molar refractivity (Wildman–Crippen MR) is 98.1 cm³/mol. The van der Waals surface area contributed by atoms with E-state index in [4.69, 9.17) is 16.3 Å². The van der Waals surface area contributed by atoms with Crippen LogP contribution in [0.4, 0.5) is 0 Å². The van der Waals surface area contributed by atoms with E-state index in [0.717, 1.165) is 35.9 Å². The molecule has 2 aromatic heterocycles. The Labute approximate surface area is 153 Å². The number of aromatic amines is 1. The molecule has 1 atom stereocenters. The van der Waals surface area contributed by atoms with Gasteiger partial charge in [0.05, 0.1) is 18.2 Å². The lowest BCUT2D eigenvalue weighted by Crippen LogP contribution is -2.24. The largest absolute Gasteiger partial charge is 0.376 e. The number of ether oxygens (including phenoxy) is 1. The van der Waals surface area contributed by atoms with E-state index in [9.17, 15) is 4.79 Å². The highest BCUT2D eigenvalue weighted by Crippen LogP contribution is 2.27. The van der Waals surface area contributed by atoms with Crippen LogP contribution in [0, 0.1) is 0 Å². The minimum Gasteiger partial charge on any atom is -0.376 e. The van der Waals surface area contributed by atoms with Gasteiger partial charge >= 0.3 is 5.69 Å². The summed E-state index contributed by atoms with van der Waals surface area (Å²) in [4.78, 5) is 16.5. The van der Waals surface area contributed by atoms with Gasteiger partial charge in [0.25, 0.3) is 0 Å². The number of hydrogen-bond donors (Lipinski definition) is 1. The number of halogens is 1. The third-order valence-corrected chi connectivity index (χ3v) is 5.59. The molecular weight excluding hydrogens is 360 g/mol. The number of nitrogens with zero attached hydrogens (tertiary/aromatic N) is 3. The van der Waals surface area contributed by atoms with Gasteiger partial charge in [-0.25, -0.2) is 14.9 Å². The van der Waals surface area contributed by atoms with Crippen LogP contribution in [0.3, 0.4) is 0 Å². The number of thioether (sulfide) groups is 1. The summed E-state index contributed by atoms with van der Waals surface area (Å²) in [5, 5.41) is 8.83. The Kier molecular flexibility index (Phi) is 4.78.